The van der Waals surface area contributed by atoms with Crippen LogP contribution in [0.1, 0.15) is 16.7 Å². The summed E-state index contributed by atoms with van der Waals surface area (Å²) in [6, 6.07) is 20.1. The van der Waals surface area contributed by atoms with E-state index in [2.05, 4.69) is 59.9 Å². The highest BCUT2D eigenvalue weighted by molar-refractivity contribution is 5.85. The van der Waals surface area contributed by atoms with Crippen LogP contribution in [0.5, 0.6) is 0 Å². The van der Waals surface area contributed by atoms with Gasteiger partial charge in [-0.25, -0.2) is 0 Å². The first-order valence-corrected chi connectivity index (χ1v) is 6.76. The Labute approximate surface area is 121 Å². The molecule has 1 aliphatic carbocycles. The number of benzene rings is 2. The van der Waals surface area contributed by atoms with Gasteiger partial charge in [-0.05, 0) is 42.5 Å². The molecule has 3 rings (SSSR count). The van der Waals surface area contributed by atoms with Crippen molar-refractivity contribution in [3.05, 3.63) is 71.3 Å². The van der Waals surface area contributed by atoms with Gasteiger partial charge in [0, 0.05) is 6.04 Å². The molecular weight excluding hydrogens is 254 g/mol. The second-order valence-electron chi connectivity index (χ2n) is 5.06. The standard InChI is InChI=1S/C17H19N.ClH/c1-2-6-14(7-3-1)10-11-18-17-12-15-8-4-5-9-16(15)13-17;/h1-9,17-18H,10-13H2;1H. The third kappa shape index (κ3) is 3.59. The monoisotopic (exact) mass is 273 g/mol. The van der Waals surface area contributed by atoms with Gasteiger partial charge < -0.3 is 5.32 Å². The van der Waals surface area contributed by atoms with Crippen molar-refractivity contribution in [3.63, 3.8) is 0 Å². The zero-order valence-electron chi connectivity index (χ0n) is 11.0. The smallest absolute Gasteiger partial charge is 0.0148 e. The fourth-order valence-corrected chi connectivity index (χ4v) is 2.77. The molecule has 0 radical (unpaired) electrons. The number of halogens is 1. The second kappa shape index (κ2) is 6.74. The molecule has 0 fully saturated rings. The van der Waals surface area contributed by atoms with Gasteiger partial charge in [0.1, 0.15) is 0 Å². The van der Waals surface area contributed by atoms with Crippen molar-refractivity contribution < 1.29 is 0 Å². The molecule has 0 amide bonds. The van der Waals surface area contributed by atoms with Gasteiger partial charge in [0.2, 0.25) is 0 Å². The Morgan fingerprint density at radius 3 is 2.05 bits per heavy atom. The van der Waals surface area contributed by atoms with E-state index >= 15 is 0 Å². The van der Waals surface area contributed by atoms with Gasteiger partial charge in [0.05, 0.1) is 0 Å². The lowest BCUT2D eigenvalue weighted by Gasteiger charge is -2.11. The van der Waals surface area contributed by atoms with Crippen molar-refractivity contribution in [2.75, 3.05) is 6.54 Å². The van der Waals surface area contributed by atoms with Crippen LogP contribution >= 0.6 is 12.4 Å². The molecule has 0 aromatic heterocycles. The lowest BCUT2D eigenvalue weighted by Crippen LogP contribution is -2.31. The minimum absolute atomic E-state index is 0. The molecule has 0 saturated heterocycles. The van der Waals surface area contributed by atoms with E-state index in [0.29, 0.717) is 6.04 Å². The summed E-state index contributed by atoms with van der Waals surface area (Å²) in [5.41, 5.74) is 4.46. The summed E-state index contributed by atoms with van der Waals surface area (Å²) in [6.07, 6.45) is 3.49. The molecule has 0 saturated carbocycles. The Morgan fingerprint density at radius 1 is 0.842 bits per heavy atom. The third-order valence-electron chi connectivity index (χ3n) is 3.74. The van der Waals surface area contributed by atoms with Crippen LogP contribution in [0.25, 0.3) is 0 Å². The van der Waals surface area contributed by atoms with E-state index in [1.807, 2.05) is 0 Å². The van der Waals surface area contributed by atoms with E-state index < -0.39 is 0 Å². The van der Waals surface area contributed by atoms with Crippen molar-refractivity contribution in [2.45, 2.75) is 25.3 Å². The lowest BCUT2D eigenvalue weighted by atomic mass is 10.1. The molecule has 0 aliphatic heterocycles. The van der Waals surface area contributed by atoms with Crippen LogP contribution in [0.2, 0.25) is 0 Å². The van der Waals surface area contributed by atoms with Crippen LogP contribution in [-0.2, 0) is 19.3 Å². The molecule has 0 atom stereocenters. The number of nitrogens with one attached hydrogen (secondary N) is 1. The molecule has 100 valence electrons. The summed E-state index contributed by atoms with van der Waals surface area (Å²) in [4.78, 5) is 0. The van der Waals surface area contributed by atoms with Crippen molar-refractivity contribution >= 4 is 12.4 Å². The van der Waals surface area contributed by atoms with Gasteiger partial charge in [-0.1, -0.05) is 54.6 Å². The number of hydrogen-bond donors (Lipinski definition) is 1. The highest BCUT2D eigenvalue weighted by Gasteiger charge is 2.19. The molecule has 1 nitrogen and oxygen atoms in total. The Kier molecular flexibility index (Phi) is 5.00. The minimum atomic E-state index is 0. The number of fused-ring (bicyclic) bond motifs is 1. The lowest BCUT2D eigenvalue weighted by molar-refractivity contribution is 0.536. The molecule has 1 aliphatic rings. The molecule has 0 bridgehead atoms. The normalized spacial score (nSPS) is 13.9. The zero-order valence-corrected chi connectivity index (χ0v) is 11.8. The average molecular weight is 274 g/mol. The fourth-order valence-electron chi connectivity index (χ4n) is 2.77. The largest absolute Gasteiger partial charge is 0.313 e. The summed E-state index contributed by atoms with van der Waals surface area (Å²) in [7, 11) is 0. The van der Waals surface area contributed by atoms with Crippen molar-refractivity contribution in [1.82, 2.24) is 5.32 Å². The Hall–Kier alpha value is -1.31. The van der Waals surface area contributed by atoms with Gasteiger partial charge in [0.25, 0.3) is 0 Å². The molecule has 0 heterocycles. The first kappa shape index (κ1) is 14.1. The third-order valence-corrected chi connectivity index (χ3v) is 3.74. The molecule has 0 spiro atoms. The summed E-state index contributed by atoms with van der Waals surface area (Å²) in [6.45, 7) is 1.07. The van der Waals surface area contributed by atoms with E-state index in [4.69, 9.17) is 0 Å². The van der Waals surface area contributed by atoms with Gasteiger partial charge in [0.15, 0.2) is 0 Å². The average Bonchev–Trinajstić information content (AvgIpc) is 2.82. The SMILES string of the molecule is Cl.c1ccc(CCNC2Cc3ccccc3C2)cc1. The van der Waals surface area contributed by atoms with Crippen LogP contribution in [0.15, 0.2) is 54.6 Å². The summed E-state index contributed by atoms with van der Waals surface area (Å²) in [5.74, 6) is 0. The maximum absolute atomic E-state index is 3.68. The van der Waals surface area contributed by atoms with Crippen LogP contribution < -0.4 is 5.32 Å². The zero-order chi connectivity index (χ0) is 12.2. The van der Waals surface area contributed by atoms with E-state index in [1.54, 1.807) is 0 Å². The molecule has 1 N–H and O–H groups in total. The van der Waals surface area contributed by atoms with E-state index in [0.717, 1.165) is 13.0 Å². The van der Waals surface area contributed by atoms with E-state index in [9.17, 15) is 0 Å². The Morgan fingerprint density at radius 2 is 1.42 bits per heavy atom. The molecule has 2 aromatic carbocycles. The highest BCUT2D eigenvalue weighted by atomic mass is 35.5. The van der Waals surface area contributed by atoms with Crippen molar-refractivity contribution in [3.8, 4) is 0 Å². The Balaban J connectivity index is 0.00000133. The quantitative estimate of drug-likeness (QED) is 0.900. The maximum Gasteiger partial charge on any atom is 0.0148 e. The Bertz CT molecular complexity index is 485. The summed E-state index contributed by atoms with van der Waals surface area (Å²) < 4.78 is 0. The predicted octanol–water partition coefficient (Wildman–Crippen LogP) is 3.41. The molecule has 19 heavy (non-hydrogen) atoms. The summed E-state index contributed by atoms with van der Waals surface area (Å²) >= 11 is 0. The minimum Gasteiger partial charge on any atom is -0.313 e. The summed E-state index contributed by atoms with van der Waals surface area (Å²) in [5, 5.41) is 3.68. The van der Waals surface area contributed by atoms with Gasteiger partial charge in [-0.3, -0.25) is 0 Å². The van der Waals surface area contributed by atoms with Crippen LogP contribution in [0, 0.1) is 0 Å². The van der Waals surface area contributed by atoms with E-state index in [1.165, 1.54) is 29.5 Å². The van der Waals surface area contributed by atoms with Gasteiger partial charge >= 0.3 is 0 Å². The van der Waals surface area contributed by atoms with E-state index in [-0.39, 0.29) is 12.4 Å². The topological polar surface area (TPSA) is 12.0 Å². The number of rotatable bonds is 4. The van der Waals surface area contributed by atoms with Crippen LogP contribution in [0.4, 0.5) is 0 Å². The first-order valence-electron chi connectivity index (χ1n) is 6.76. The first-order chi connectivity index (χ1) is 8.92. The number of hydrogen-bond acceptors (Lipinski definition) is 1. The van der Waals surface area contributed by atoms with Crippen LogP contribution in [-0.4, -0.2) is 12.6 Å². The second-order valence-corrected chi connectivity index (χ2v) is 5.06. The van der Waals surface area contributed by atoms with Crippen molar-refractivity contribution in [2.24, 2.45) is 0 Å². The van der Waals surface area contributed by atoms with Crippen LogP contribution in [0.3, 0.4) is 0 Å². The molecule has 2 aromatic rings. The van der Waals surface area contributed by atoms with Gasteiger partial charge in [-0.2, -0.15) is 0 Å². The van der Waals surface area contributed by atoms with Gasteiger partial charge in [-0.15, -0.1) is 12.4 Å². The molecule has 2 heteroatoms. The fraction of sp³-hybridized carbons (Fsp3) is 0.294. The maximum atomic E-state index is 3.68. The molecular formula is C17H20ClN. The molecule has 0 unspecified atom stereocenters. The highest BCUT2D eigenvalue weighted by Crippen LogP contribution is 2.21. The van der Waals surface area contributed by atoms with Crippen molar-refractivity contribution in [1.29, 1.82) is 0 Å². The predicted molar refractivity (Wildman–Crippen MR) is 83.0 cm³/mol.